The van der Waals surface area contributed by atoms with Gasteiger partial charge in [0.2, 0.25) is 17.7 Å². The molecule has 0 unspecified atom stereocenters. The second-order valence-electron chi connectivity index (χ2n) is 14.6. The number of Topliss-reactive ketones (excluding diaryl/α,β-unsaturated/α-hetero) is 1. The number of ketones is 1. The van der Waals surface area contributed by atoms with Gasteiger partial charge in [-0.05, 0) is 114 Å². The molecule has 2 aliphatic rings. The predicted molar refractivity (Wildman–Crippen MR) is 216 cm³/mol. The third-order valence-corrected chi connectivity index (χ3v) is 10.5. The first-order valence-electron chi connectivity index (χ1n) is 19.4. The van der Waals surface area contributed by atoms with Gasteiger partial charge in [0.15, 0.2) is 5.78 Å². The highest BCUT2D eigenvalue weighted by atomic mass is 19.3. The number of nitrogens with two attached hydrogens (primary N) is 1. The van der Waals surface area contributed by atoms with Crippen molar-refractivity contribution in [1.82, 2.24) is 30.0 Å². The number of anilines is 2. The first-order valence-corrected chi connectivity index (χ1v) is 19.4. The number of para-hydroxylation sites is 2. The quantitative estimate of drug-likeness (QED) is 0.147. The Labute approximate surface area is 336 Å². The summed E-state index contributed by atoms with van der Waals surface area (Å²) >= 11 is 0. The highest BCUT2D eigenvalue weighted by Crippen LogP contribution is 2.27. The molecule has 0 aliphatic carbocycles. The molecule has 2 fully saturated rings. The van der Waals surface area contributed by atoms with Gasteiger partial charge in [-0.2, -0.15) is 8.78 Å². The third-order valence-electron chi connectivity index (χ3n) is 10.5. The molecule has 2 amide bonds. The second kappa shape index (κ2) is 20.1. The smallest absolute Gasteiger partial charge is 0.314 e. The Hall–Kier alpha value is -5.77. The van der Waals surface area contributed by atoms with E-state index in [1.807, 2.05) is 65.6 Å². The van der Waals surface area contributed by atoms with Crippen molar-refractivity contribution in [3.05, 3.63) is 120 Å². The van der Waals surface area contributed by atoms with E-state index in [0.717, 1.165) is 68.9 Å². The number of pyridine rings is 2. The average molecular weight is 794 g/mol. The molecule has 0 bridgehead atoms. The van der Waals surface area contributed by atoms with Crippen LogP contribution in [0.2, 0.25) is 0 Å². The maximum absolute atomic E-state index is 13.3. The molecule has 58 heavy (non-hydrogen) atoms. The number of piperidine rings is 2. The Morgan fingerprint density at radius 3 is 1.59 bits per heavy atom. The van der Waals surface area contributed by atoms with Crippen LogP contribution >= 0.6 is 0 Å². The number of benzene rings is 2. The fourth-order valence-corrected chi connectivity index (χ4v) is 6.97. The van der Waals surface area contributed by atoms with E-state index < -0.39 is 12.3 Å². The zero-order chi connectivity index (χ0) is 41.0. The molecule has 7 rings (SSSR count). The van der Waals surface area contributed by atoms with Crippen LogP contribution in [0.3, 0.4) is 0 Å². The molecule has 2 N–H and O–H groups in total. The van der Waals surface area contributed by atoms with E-state index in [4.69, 9.17) is 10.2 Å². The minimum Gasteiger partial charge on any atom is -0.415 e. The zero-order valence-corrected chi connectivity index (χ0v) is 32.8. The predicted octanol–water partition coefficient (Wildman–Crippen LogP) is 6.04. The number of rotatable bonds is 12. The number of carbonyl (C=O) groups is 3. The van der Waals surface area contributed by atoms with E-state index in [1.165, 1.54) is 12.4 Å². The minimum absolute atomic E-state index is 0.0170. The number of nitrogens with zero attached hydrogens (tertiary/aromatic N) is 8. The molecular formula is C43H49F2N9O4. The molecule has 2 aliphatic heterocycles. The molecule has 304 valence electrons. The maximum atomic E-state index is 13.3. The molecule has 0 atom stereocenters. The number of hydrogen-bond donors (Lipinski definition) is 1. The number of carbonyl (C=O) groups excluding carboxylic acids is 3. The monoisotopic (exact) mass is 793 g/mol. The topological polar surface area (TPSA) is 155 Å². The van der Waals surface area contributed by atoms with E-state index in [2.05, 4.69) is 44.1 Å². The van der Waals surface area contributed by atoms with Crippen molar-refractivity contribution < 1.29 is 27.6 Å². The molecule has 0 saturated carbocycles. The van der Waals surface area contributed by atoms with Gasteiger partial charge < -0.3 is 29.8 Å². The van der Waals surface area contributed by atoms with Crippen LogP contribution in [0.1, 0.15) is 59.7 Å². The summed E-state index contributed by atoms with van der Waals surface area (Å²) in [6, 6.07) is 26.1. The van der Waals surface area contributed by atoms with Gasteiger partial charge in [-0.3, -0.25) is 24.4 Å². The van der Waals surface area contributed by atoms with E-state index in [-0.39, 0.29) is 41.9 Å². The van der Waals surface area contributed by atoms with Crippen molar-refractivity contribution in [2.24, 2.45) is 17.6 Å². The largest absolute Gasteiger partial charge is 0.415 e. The molecule has 5 aromatic rings. The number of likely N-dealkylation sites (tertiary alicyclic amines) is 2. The highest BCUT2D eigenvalue weighted by Gasteiger charge is 2.30. The van der Waals surface area contributed by atoms with Crippen LogP contribution in [0.15, 0.2) is 102 Å². The van der Waals surface area contributed by atoms with Crippen molar-refractivity contribution in [2.75, 3.05) is 56.6 Å². The van der Waals surface area contributed by atoms with Crippen molar-refractivity contribution >= 4 is 29.0 Å². The first-order chi connectivity index (χ1) is 28.1. The summed E-state index contributed by atoms with van der Waals surface area (Å²) in [7, 11) is 4.15. The Morgan fingerprint density at radius 1 is 0.707 bits per heavy atom. The molecule has 3 aromatic heterocycles. The van der Waals surface area contributed by atoms with Crippen LogP contribution in [-0.2, 0) is 22.7 Å². The number of alkyl halides is 2. The SMILES string of the molecule is CN1CCC(C(=O)N(Cc2ccc(-c3nnc(C(F)F)o3)cn2)c2ccccc2)CC1.CN1CCC(C(=O)N(Cc2ccc(C(=O)CN)cn2)c2ccccc2)CC1. The molecule has 13 nitrogen and oxygen atoms in total. The van der Waals surface area contributed by atoms with Crippen LogP contribution in [0.5, 0.6) is 0 Å². The summed E-state index contributed by atoms with van der Waals surface area (Å²) in [5, 5.41) is 6.97. The fourth-order valence-electron chi connectivity index (χ4n) is 6.97. The summed E-state index contributed by atoms with van der Waals surface area (Å²) in [6.07, 6.45) is 3.60. The second-order valence-corrected chi connectivity index (χ2v) is 14.6. The Morgan fingerprint density at radius 2 is 1.19 bits per heavy atom. The van der Waals surface area contributed by atoms with Gasteiger partial charge in [0.1, 0.15) is 0 Å². The van der Waals surface area contributed by atoms with Gasteiger partial charge in [-0.15, -0.1) is 10.2 Å². The van der Waals surface area contributed by atoms with E-state index in [0.29, 0.717) is 29.9 Å². The van der Waals surface area contributed by atoms with Gasteiger partial charge in [0.25, 0.3) is 5.89 Å². The van der Waals surface area contributed by atoms with Gasteiger partial charge in [0, 0.05) is 41.2 Å². The number of aromatic nitrogens is 4. The molecule has 15 heteroatoms. The van der Waals surface area contributed by atoms with E-state index in [9.17, 15) is 23.2 Å². The number of amides is 2. The fraction of sp³-hybridized carbons (Fsp3) is 0.372. The minimum atomic E-state index is -2.82. The lowest BCUT2D eigenvalue weighted by Gasteiger charge is -2.32. The Bertz CT molecular complexity index is 2070. The van der Waals surface area contributed by atoms with Crippen molar-refractivity contribution in [3.8, 4) is 11.5 Å². The Balaban J connectivity index is 0.000000198. The summed E-state index contributed by atoms with van der Waals surface area (Å²) < 4.78 is 30.3. The van der Waals surface area contributed by atoms with Crippen LogP contribution < -0.4 is 15.5 Å². The van der Waals surface area contributed by atoms with Gasteiger partial charge in [-0.25, -0.2) is 0 Å². The van der Waals surface area contributed by atoms with Crippen molar-refractivity contribution in [3.63, 3.8) is 0 Å². The van der Waals surface area contributed by atoms with E-state index >= 15 is 0 Å². The Kier molecular flexibility index (Phi) is 14.5. The summed E-state index contributed by atoms with van der Waals surface area (Å²) in [5.74, 6) is -0.658. The molecule has 5 heterocycles. The third kappa shape index (κ3) is 11.0. The van der Waals surface area contributed by atoms with Gasteiger partial charge in [0.05, 0.1) is 36.6 Å². The lowest BCUT2D eigenvalue weighted by Crippen LogP contribution is -2.41. The summed E-state index contributed by atoms with van der Waals surface area (Å²) in [6.45, 7) is 4.33. The van der Waals surface area contributed by atoms with E-state index in [1.54, 1.807) is 29.2 Å². The standard InChI is InChI=1S/C22H23F2N5O2.C21H26N4O2/c1-28-11-9-15(10-12-28)22(30)29(18-5-3-2-4-6-18)14-17-8-7-16(13-25-17)20-26-27-21(31-20)19(23)24;1-24-11-9-16(10-12-24)21(27)25(19-5-3-2-4-6-19)15-18-8-7-17(14-23-18)20(26)13-22/h2-8,13,15,19H,9-12,14H2,1H3;2-8,14,16H,9-13,15,22H2,1H3. The first kappa shape index (κ1) is 41.9. The lowest BCUT2D eigenvalue weighted by molar-refractivity contribution is -0.124. The molecular weight excluding hydrogens is 745 g/mol. The van der Waals surface area contributed by atoms with Gasteiger partial charge >= 0.3 is 6.43 Å². The zero-order valence-electron chi connectivity index (χ0n) is 32.8. The van der Waals surface area contributed by atoms with Crippen LogP contribution in [0.4, 0.5) is 20.2 Å². The molecule has 0 spiro atoms. The molecule has 2 saturated heterocycles. The molecule has 0 radical (unpaired) electrons. The van der Waals surface area contributed by atoms with Crippen LogP contribution in [0.25, 0.3) is 11.5 Å². The average Bonchev–Trinajstić information content (AvgIpc) is 3.77. The molecule has 2 aromatic carbocycles. The summed E-state index contributed by atoms with van der Waals surface area (Å²) in [4.78, 5) is 55.1. The highest BCUT2D eigenvalue weighted by molar-refractivity contribution is 5.97. The van der Waals surface area contributed by atoms with Crippen LogP contribution in [0, 0.1) is 11.8 Å². The number of hydrogen-bond acceptors (Lipinski definition) is 11. The summed E-state index contributed by atoms with van der Waals surface area (Å²) in [5.41, 5.74) is 9.43. The van der Waals surface area contributed by atoms with Crippen molar-refractivity contribution in [2.45, 2.75) is 45.2 Å². The van der Waals surface area contributed by atoms with Crippen molar-refractivity contribution in [1.29, 1.82) is 0 Å². The van der Waals surface area contributed by atoms with Gasteiger partial charge in [-0.1, -0.05) is 36.4 Å². The maximum Gasteiger partial charge on any atom is 0.314 e. The van der Waals surface area contributed by atoms with Crippen LogP contribution in [-0.4, -0.2) is 94.4 Å². The lowest BCUT2D eigenvalue weighted by atomic mass is 9.95. The normalized spacial score (nSPS) is 15.4. The number of halogens is 2.